The van der Waals surface area contributed by atoms with Crippen LogP contribution in [0.15, 0.2) is 30.7 Å². The first-order chi connectivity index (χ1) is 8.18. The predicted molar refractivity (Wildman–Crippen MR) is 64.1 cm³/mol. The zero-order valence-corrected chi connectivity index (χ0v) is 9.99. The van der Waals surface area contributed by atoms with Crippen molar-refractivity contribution in [2.24, 2.45) is 0 Å². The molecule has 0 bridgehead atoms. The molecule has 0 N–H and O–H groups in total. The highest BCUT2D eigenvalue weighted by Crippen LogP contribution is 2.17. The van der Waals surface area contributed by atoms with Crippen LogP contribution in [0, 0.1) is 17.0 Å². The van der Waals surface area contributed by atoms with Crippen molar-refractivity contribution < 1.29 is 4.92 Å². The van der Waals surface area contributed by atoms with E-state index in [-0.39, 0.29) is 5.69 Å². The summed E-state index contributed by atoms with van der Waals surface area (Å²) in [5.74, 6) is 0. The van der Waals surface area contributed by atoms with Gasteiger partial charge in [0.2, 0.25) is 0 Å². The Morgan fingerprint density at radius 2 is 2.12 bits per heavy atom. The van der Waals surface area contributed by atoms with Crippen molar-refractivity contribution in [1.29, 1.82) is 0 Å². The molecule has 0 aliphatic heterocycles. The molecule has 0 aliphatic rings. The van der Waals surface area contributed by atoms with Gasteiger partial charge in [0.05, 0.1) is 16.8 Å². The molecule has 0 saturated carbocycles. The molecule has 0 unspecified atom stereocenters. The van der Waals surface area contributed by atoms with Crippen LogP contribution in [0.2, 0.25) is 0 Å². The summed E-state index contributed by atoms with van der Waals surface area (Å²) in [7, 11) is 0. The molecule has 2 heterocycles. The van der Waals surface area contributed by atoms with Crippen molar-refractivity contribution in [3.8, 4) is 5.69 Å². The lowest BCUT2D eigenvalue weighted by atomic mass is 10.4. The maximum Gasteiger partial charge on any atom is 0.310 e. The fourth-order valence-corrected chi connectivity index (χ4v) is 1.25. The van der Waals surface area contributed by atoms with Crippen molar-refractivity contribution in [3.05, 3.63) is 46.5 Å². The highest BCUT2D eigenvalue weighted by molar-refractivity contribution is 5.37. The average Bonchev–Trinajstić information content (AvgIpc) is 2.75. The number of nitro groups is 1. The van der Waals surface area contributed by atoms with Crippen LogP contribution in [0.4, 0.5) is 5.69 Å². The Hall–Kier alpha value is -2.24. The van der Waals surface area contributed by atoms with Gasteiger partial charge in [0.25, 0.3) is 0 Å². The van der Waals surface area contributed by atoms with E-state index in [4.69, 9.17) is 0 Å². The molecule has 6 heteroatoms. The van der Waals surface area contributed by atoms with Crippen molar-refractivity contribution in [2.45, 2.75) is 20.8 Å². The fourth-order valence-electron chi connectivity index (χ4n) is 1.25. The number of hydrogen-bond acceptors (Lipinski definition) is 4. The van der Waals surface area contributed by atoms with Gasteiger partial charge in [-0.05, 0) is 19.1 Å². The molecule has 90 valence electrons. The molecule has 17 heavy (non-hydrogen) atoms. The molecule has 0 saturated heterocycles. The van der Waals surface area contributed by atoms with Crippen molar-refractivity contribution >= 4 is 5.69 Å². The van der Waals surface area contributed by atoms with E-state index in [2.05, 4.69) is 10.1 Å². The highest BCUT2D eigenvalue weighted by Gasteiger charge is 2.15. The lowest BCUT2D eigenvalue weighted by Crippen LogP contribution is -1.94. The number of hydrogen-bond donors (Lipinski definition) is 0. The van der Waals surface area contributed by atoms with E-state index in [0.717, 1.165) is 0 Å². The van der Waals surface area contributed by atoms with Gasteiger partial charge in [0.15, 0.2) is 0 Å². The van der Waals surface area contributed by atoms with Crippen molar-refractivity contribution in [3.63, 3.8) is 0 Å². The monoisotopic (exact) mass is 234 g/mol. The number of aromatic nitrogens is 3. The van der Waals surface area contributed by atoms with E-state index in [1.807, 2.05) is 13.8 Å². The molecule has 6 nitrogen and oxygen atoms in total. The minimum Gasteiger partial charge on any atom is -0.262 e. The molecule has 0 aromatic carbocycles. The van der Waals surface area contributed by atoms with E-state index in [0.29, 0.717) is 11.4 Å². The molecular weight excluding hydrogens is 220 g/mol. The Balaban J connectivity index is 0.000000686. The molecule has 0 aliphatic carbocycles. The average molecular weight is 234 g/mol. The summed E-state index contributed by atoms with van der Waals surface area (Å²) in [6.07, 6.45) is 4.61. The van der Waals surface area contributed by atoms with Gasteiger partial charge in [0.1, 0.15) is 11.9 Å². The van der Waals surface area contributed by atoms with Crippen LogP contribution in [-0.4, -0.2) is 19.7 Å². The largest absolute Gasteiger partial charge is 0.310 e. The normalized spacial score (nSPS) is 9.35. The molecule has 2 aromatic heterocycles. The van der Waals surface area contributed by atoms with Gasteiger partial charge in [-0.3, -0.25) is 15.1 Å². The van der Waals surface area contributed by atoms with E-state index in [9.17, 15) is 10.1 Å². The highest BCUT2D eigenvalue weighted by atomic mass is 16.6. The third kappa shape index (κ3) is 2.87. The van der Waals surface area contributed by atoms with Gasteiger partial charge < -0.3 is 0 Å². The molecule has 2 aromatic rings. The topological polar surface area (TPSA) is 73.8 Å². The third-order valence-electron chi connectivity index (χ3n) is 1.98. The summed E-state index contributed by atoms with van der Waals surface area (Å²) >= 11 is 0. The zero-order chi connectivity index (χ0) is 12.8. The lowest BCUT2D eigenvalue weighted by molar-refractivity contribution is -0.385. The quantitative estimate of drug-likeness (QED) is 0.591. The molecule has 0 fully saturated rings. The van der Waals surface area contributed by atoms with E-state index >= 15 is 0 Å². The van der Waals surface area contributed by atoms with Crippen LogP contribution < -0.4 is 0 Å². The second-order valence-corrected chi connectivity index (χ2v) is 3.01. The summed E-state index contributed by atoms with van der Waals surface area (Å²) in [6, 6.07) is 3.53. The molecule has 2 rings (SSSR count). The number of aryl methyl sites for hydroxylation is 1. The standard InChI is InChI=1S/C9H8N4O2.C2H6/c1-7-9(13(14)15)6-12(11-7)8-3-2-4-10-5-8;1-2/h2-6H,1H3;1-2H3. The predicted octanol–water partition coefficient (Wildman–Crippen LogP) is 2.51. The Morgan fingerprint density at radius 1 is 1.41 bits per heavy atom. The number of nitrogens with zero attached hydrogens (tertiary/aromatic N) is 4. The second-order valence-electron chi connectivity index (χ2n) is 3.01. The van der Waals surface area contributed by atoms with Crippen LogP contribution in [0.1, 0.15) is 19.5 Å². The Labute approximate surface area is 99.1 Å². The summed E-state index contributed by atoms with van der Waals surface area (Å²) in [6.45, 7) is 5.60. The Bertz CT molecular complexity index is 493. The summed E-state index contributed by atoms with van der Waals surface area (Å²) in [4.78, 5) is 14.1. The van der Waals surface area contributed by atoms with Gasteiger partial charge in [-0.2, -0.15) is 5.10 Å². The number of rotatable bonds is 2. The van der Waals surface area contributed by atoms with Gasteiger partial charge in [-0.25, -0.2) is 4.68 Å². The van der Waals surface area contributed by atoms with Gasteiger partial charge in [0, 0.05) is 6.20 Å². The van der Waals surface area contributed by atoms with E-state index in [1.54, 1.807) is 31.5 Å². The smallest absolute Gasteiger partial charge is 0.262 e. The molecule has 0 amide bonds. The maximum atomic E-state index is 10.6. The molecular formula is C11H14N4O2. The zero-order valence-electron chi connectivity index (χ0n) is 9.99. The minimum atomic E-state index is -0.449. The minimum absolute atomic E-state index is 0.0128. The van der Waals surface area contributed by atoms with Crippen LogP contribution in [0.25, 0.3) is 5.69 Å². The SMILES string of the molecule is CC.Cc1nn(-c2cccnc2)cc1[N+](=O)[O-]. The summed E-state index contributed by atoms with van der Waals surface area (Å²) in [5, 5.41) is 14.6. The van der Waals surface area contributed by atoms with Gasteiger partial charge in [-0.1, -0.05) is 13.8 Å². The van der Waals surface area contributed by atoms with Crippen LogP contribution in [-0.2, 0) is 0 Å². The third-order valence-corrected chi connectivity index (χ3v) is 1.98. The first kappa shape index (κ1) is 12.8. The van der Waals surface area contributed by atoms with Crippen LogP contribution >= 0.6 is 0 Å². The summed E-state index contributed by atoms with van der Waals surface area (Å²) < 4.78 is 1.44. The first-order valence-electron chi connectivity index (χ1n) is 5.29. The van der Waals surface area contributed by atoms with Crippen molar-refractivity contribution in [2.75, 3.05) is 0 Å². The Kier molecular flexibility index (Phi) is 4.33. The molecule has 0 spiro atoms. The first-order valence-corrected chi connectivity index (χ1v) is 5.29. The fraction of sp³-hybridized carbons (Fsp3) is 0.273. The second kappa shape index (κ2) is 5.74. The molecule has 0 atom stereocenters. The van der Waals surface area contributed by atoms with Crippen LogP contribution in [0.3, 0.4) is 0 Å². The van der Waals surface area contributed by atoms with Gasteiger partial charge >= 0.3 is 5.69 Å². The van der Waals surface area contributed by atoms with Gasteiger partial charge in [-0.15, -0.1) is 0 Å². The lowest BCUT2D eigenvalue weighted by Gasteiger charge is -1.96. The number of pyridine rings is 1. The van der Waals surface area contributed by atoms with E-state index in [1.165, 1.54) is 10.9 Å². The molecule has 0 radical (unpaired) electrons. The van der Waals surface area contributed by atoms with Crippen molar-refractivity contribution in [1.82, 2.24) is 14.8 Å². The van der Waals surface area contributed by atoms with E-state index < -0.39 is 4.92 Å². The maximum absolute atomic E-state index is 10.6. The Morgan fingerprint density at radius 3 is 2.59 bits per heavy atom. The van der Waals surface area contributed by atoms with Crippen LogP contribution in [0.5, 0.6) is 0 Å². The summed E-state index contributed by atoms with van der Waals surface area (Å²) in [5.41, 5.74) is 1.11.